The van der Waals surface area contributed by atoms with Gasteiger partial charge in [-0.05, 0) is 55.5 Å². The van der Waals surface area contributed by atoms with E-state index >= 15 is 0 Å². The minimum atomic E-state index is -1.20. The first-order valence-electron chi connectivity index (χ1n) is 12.7. The molecule has 5 rings (SSSR count). The molecule has 2 aliphatic heterocycles. The molecule has 2 fully saturated rings. The van der Waals surface area contributed by atoms with Crippen LogP contribution in [0.3, 0.4) is 0 Å². The van der Waals surface area contributed by atoms with Crippen LogP contribution in [0.2, 0.25) is 0 Å². The van der Waals surface area contributed by atoms with E-state index in [9.17, 15) is 14.3 Å². The van der Waals surface area contributed by atoms with Gasteiger partial charge in [-0.15, -0.1) is 0 Å². The van der Waals surface area contributed by atoms with Crippen molar-refractivity contribution in [3.05, 3.63) is 51.9 Å². The highest BCUT2D eigenvalue weighted by molar-refractivity contribution is 7.83. The number of aliphatic imine (C=N–C) groups is 1. The lowest BCUT2D eigenvalue weighted by atomic mass is 9.96. The van der Waals surface area contributed by atoms with Gasteiger partial charge < -0.3 is 20.8 Å². The number of aromatic amines is 1. The van der Waals surface area contributed by atoms with Crippen LogP contribution in [-0.2, 0) is 22.3 Å². The number of nitriles is 1. The summed E-state index contributed by atoms with van der Waals surface area (Å²) in [5.41, 5.74) is 8.48. The lowest BCUT2D eigenvalue weighted by Gasteiger charge is -2.29. The SMILES string of the molecule is N#CC1CCCCC[C@@H]1Nc1cc[nH]c(=O)c1C(N)=Nc1ccc2c(c1)CN(C1CCOCC1)S2=O. The molecule has 2 aromatic rings. The van der Waals surface area contributed by atoms with Gasteiger partial charge in [0.15, 0.2) is 0 Å². The summed E-state index contributed by atoms with van der Waals surface area (Å²) in [5, 5.41) is 13.1. The van der Waals surface area contributed by atoms with Crippen molar-refractivity contribution in [2.45, 2.75) is 68.5 Å². The number of hydrogen-bond donors (Lipinski definition) is 3. The molecule has 190 valence electrons. The molecule has 0 radical (unpaired) electrons. The lowest BCUT2D eigenvalue weighted by molar-refractivity contribution is 0.0592. The van der Waals surface area contributed by atoms with E-state index in [1.165, 1.54) is 0 Å². The Bertz CT molecular complexity index is 1260. The highest BCUT2D eigenvalue weighted by Crippen LogP contribution is 2.34. The molecule has 0 amide bonds. The number of nitrogens with one attached hydrogen (secondary N) is 2. The van der Waals surface area contributed by atoms with Gasteiger partial charge in [-0.1, -0.05) is 19.3 Å². The maximum absolute atomic E-state index is 13.1. The van der Waals surface area contributed by atoms with Gasteiger partial charge in [0, 0.05) is 38.0 Å². The molecule has 1 saturated carbocycles. The van der Waals surface area contributed by atoms with E-state index in [-0.39, 0.29) is 35.0 Å². The maximum atomic E-state index is 13.1. The number of amidine groups is 1. The Morgan fingerprint density at radius 1 is 1.19 bits per heavy atom. The fourth-order valence-electron chi connectivity index (χ4n) is 5.40. The summed E-state index contributed by atoms with van der Waals surface area (Å²) in [7, 11) is -1.20. The fourth-order valence-corrected chi connectivity index (χ4v) is 6.93. The van der Waals surface area contributed by atoms with Crippen molar-refractivity contribution in [3.63, 3.8) is 0 Å². The molecule has 1 aromatic heterocycles. The van der Waals surface area contributed by atoms with Gasteiger partial charge in [0.05, 0.1) is 28.3 Å². The van der Waals surface area contributed by atoms with Crippen LogP contribution in [0.4, 0.5) is 11.4 Å². The number of H-pyrrole nitrogens is 1. The first kappa shape index (κ1) is 24.7. The minimum absolute atomic E-state index is 0.0444. The van der Waals surface area contributed by atoms with Gasteiger partial charge in [-0.25, -0.2) is 13.5 Å². The number of benzene rings is 1. The quantitative estimate of drug-likeness (QED) is 0.322. The molecule has 2 unspecified atom stereocenters. The second-order valence-corrected chi connectivity index (χ2v) is 11.1. The van der Waals surface area contributed by atoms with Crippen molar-refractivity contribution in [1.29, 1.82) is 5.26 Å². The molecule has 4 N–H and O–H groups in total. The smallest absolute Gasteiger partial charge is 0.261 e. The average Bonchev–Trinajstić information content (AvgIpc) is 3.05. The molecule has 10 heteroatoms. The Hall–Kier alpha value is -3.00. The maximum Gasteiger partial charge on any atom is 0.261 e. The molecule has 3 heterocycles. The van der Waals surface area contributed by atoms with E-state index in [0.717, 1.165) is 55.4 Å². The molecular weight excluding hydrogens is 476 g/mol. The van der Waals surface area contributed by atoms with Gasteiger partial charge in [-0.2, -0.15) is 5.26 Å². The predicted octanol–water partition coefficient (Wildman–Crippen LogP) is 3.31. The number of nitrogens with two attached hydrogens (primary N) is 1. The van der Waals surface area contributed by atoms with Gasteiger partial charge in [0.25, 0.3) is 5.56 Å². The van der Waals surface area contributed by atoms with E-state index in [0.29, 0.717) is 31.1 Å². The van der Waals surface area contributed by atoms with E-state index in [2.05, 4.69) is 21.4 Å². The zero-order valence-corrected chi connectivity index (χ0v) is 21.1. The van der Waals surface area contributed by atoms with E-state index in [1.807, 2.05) is 16.4 Å². The zero-order chi connectivity index (χ0) is 25.1. The molecule has 0 bridgehead atoms. The third-order valence-corrected chi connectivity index (χ3v) is 8.99. The second-order valence-electron chi connectivity index (χ2n) is 9.68. The second kappa shape index (κ2) is 10.9. The van der Waals surface area contributed by atoms with Crippen LogP contribution in [0.1, 0.15) is 56.1 Å². The number of pyridine rings is 1. The molecule has 0 spiro atoms. The van der Waals surface area contributed by atoms with Crippen LogP contribution in [0.25, 0.3) is 0 Å². The van der Waals surface area contributed by atoms with Crippen LogP contribution in [0, 0.1) is 17.2 Å². The van der Waals surface area contributed by atoms with Gasteiger partial charge in [-0.3, -0.25) is 4.79 Å². The normalized spacial score (nSPS) is 25.6. The summed E-state index contributed by atoms with van der Waals surface area (Å²) in [6.07, 6.45) is 8.23. The van der Waals surface area contributed by atoms with Crippen LogP contribution in [0.15, 0.2) is 45.1 Å². The molecule has 3 atom stereocenters. The van der Waals surface area contributed by atoms with Crippen molar-refractivity contribution < 1.29 is 8.95 Å². The molecule has 1 aliphatic carbocycles. The summed E-state index contributed by atoms with van der Waals surface area (Å²) < 4.78 is 20.6. The largest absolute Gasteiger partial charge is 0.383 e. The summed E-state index contributed by atoms with van der Waals surface area (Å²) in [5.74, 6) is -0.0177. The van der Waals surface area contributed by atoms with Gasteiger partial charge >= 0.3 is 0 Å². The van der Waals surface area contributed by atoms with Crippen LogP contribution >= 0.6 is 0 Å². The van der Waals surface area contributed by atoms with Gasteiger partial charge in [0.2, 0.25) is 0 Å². The van der Waals surface area contributed by atoms with Crippen molar-refractivity contribution in [2.24, 2.45) is 16.6 Å². The fraction of sp³-hybridized carbons (Fsp3) is 0.500. The Kier molecular flexibility index (Phi) is 7.51. The standard InChI is InChI=1S/C26H32N6O3S/c27-15-17-4-2-1-3-5-21(17)31-22-8-11-29-26(33)24(22)25(28)30-19-6-7-23-18(14-19)16-32(36(23)34)20-9-12-35-13-10-20/h6-8,11,14,17,20-21H,1-5,9-10,12-13,16H2,(H2,28,30)(H2,29,31,33)/t17?,21-,36?/m0/s1. The minimum Gasteiger partial charge on any atom is -0.383 e. The molecule has 9 nitrogen and oxygen atoms in total. The Balaban J connectivity index is 1.40. The summed E-state index contributed by atoms with van der Waals surface area (Å²) >= 11 is 0. The Morgan fingerprint density at radius 3 is 2.81 bits per heavy atom. The highest BCUT2D eigenvalue weighted by atomic mass is 32.2. The third kappa shape index (κ3) is 5.09. The number of nitrogens with zero attached hydrogens (tertiary/aromatic N) is 3. The molecule has 1 aromatic carbocycles. The molecule has 36 heavy (non-hydrogen) atoms. The van der Waals surface area contributed by atoms with Gasteiger partial charge in [0.1, 0.15) is 22.4 Å². The summed E-state index contributed by atoms with van der Waals surface area (Å²) in [4.78, 5) is 20.9. The zero-order valence-electron chi connectivity index (χ0n) is 20.2. The predicted molar refractivity (Wildman–Crippen MR) is 139 cm³/mol. The van der Waals surface area contributed by atoms with Crippen molar-refractivity contribution in [2.75, 3.05) is 18.5 Å². The average molecular weight is 509 g/mol. The van der Waals surface area contributed by atoms with Crippen molar-refractivity contribution in [3.8, 4) is 6.07 Å². The number of anilines is 1. The number of ether oxygens (including phenoxy) is 1. The van der Waals surface area contributed by atoms with Crippen molar-refractivity contribution >= 4 is 28.2 Å². The van der Waals surface area contributed by atoms with Crippen LogP contribution in [0.5, 0.6) is 0 Å². The Morgan fingerprint density at radius 2 is 2.00 bits per heavy atom. The van der Waals surface area contributed by atoms with Crippen LogP contribution < -0.4 is 16.6 Å². The monoisotopic (exact) mass is 508 g/mol. The third-order valence-electron chi connectivity index (χ3n) is 7.36. The van der Waals surface area contributed by atoms with E-state index in [1.54, 1.807) is 18.3 Å². The topological polar surface area (TPSA) is 137 Å². The summed E-state index contributed by atoms with van der Waals surface area (Å²) in [6, 6.07) is 9.93. The van der Waals surface area contributed by atoms with Crippen LogP contribution in [-0.4, -0.2) is 44.6 Å². The van der Waals surface area contributed by atoms with E-state index < -0.39 is 11.0 Å². The molecular formula is C26H32N6O3S. The number of fused-ring (bicyclic) bond motifs is 1. The first-order chi connectivity index (χ1) is 17.5. The van der Waals surface area contributed by atoms with Crippen molar-refractivity contribution in [1.82, 2.24) is 9.29 Å². The summed E-state index contributed by atoms with van der Waals surface area (Å²) in [6.45, 7) is 1.98. The number of aromatic nitrogens is 1. The number of hydrogen-bond acceptors (Lipinski definition) is 6. The highest BCUT2D eigenvalue weighted by Gasteiger charge is 2.33. The molecule has 1 saturated heterocycles. The number of rotatable bonds is 5. The Labute approximate surface area is 213 Å². The van der Waals surface area contributed by atoms with E-state index in [4.69, 9.17) is 10.5 Å². The first-order valence-corrected chi connectivity index (χ1v) is 13.8. The molecule has 3 aliphatic rings. The lowest BCUT2D eigenvalue weighted by Crippen LogP contribution is -2.37.